The standard InChI is InChI=1S/C10H13ClN4/c1-3-7(4-2)15-10-8(5-14-15)9(11)12-6-13-10/h5-7H,3-4H2,1-2H3. The van der Waals surface area contributed by atoms with Gasteiger partial charge in [-0.2, -0.15) is 5.10 Å². The van der Waals surface area contributed by atoms with E-state index in [1.165, 1.54) is 6.33 Å². The van der Waals surface area contributed by atoms with Crippen molar-refractivity contribution in [3.05, 3.63) is 17.7 Å². The summed E-state index contributed by atoms with van der Waals surface area (Å²) in [4.78, 5) is 8.16. The number of aromatic nitrogens is 4. The largest absolute Gasteiger partial charge is 0.244 e. The maximum Gasteiger partial charge on any atom is 0.162 e. The molecule has 2 heterocycles. The van der Waals surface area contributed by atoms with Crippen LogP contribution in [0.15, 0.2) is 12.5 Å². The Hall–Kier alpha value is -1.16. The van der Waals surface area contributed by atoms with Gasteiger partial charge in [0.1, 0.15) is 11.5 Å². The average Bonchev–Trinajstić information content (AvgIpc) is 2.66. The second-order valence-electron chi connectivity index (χ2n) is 3.46. The zero-order chi connectivity index (χ0) is 10.8. The topological polar surface area (TPSA) is 43.6 Å². The molecular formula is C10H13ClN4. The zero-order valence-electron chi connectivity index (χ0n) is 8.81. The smallest absolute Gasteiger partial charge is 0.162 e. The third-order valence-corrected chi connectivity index (χ3v) is 2.93. The summed E-state index contributed by atoms with van der Waals surface area (Å²) in [7, 11) is 0. The highest BCUT2D eigenvalue weighted by Gasteiger charge is 2.13. The fourth-order valence-corrected chi connectivity index (χ4v) is 1.91. The molecule has 0 atom stereocenters. The molecule has 4 nitrogen and oxygen atoms in total. The molecular weight excluding hydrogens is 212 g/mol. The molecule has 0 aliphatic heterocycles. The lowest BCUT2D eigenvalue weighted by Crippen LogP contribution is -2.09. The van der Waals surface area contributed by atoms with Crippen LogP contribution in [0.5, 0.6) is 0 Å². The van der Waals surface area contributed by atoms with Gasteiger partial charge < -0.3 is 0 Å². The maximum atomic E-state index is 5.96. The molecule has 0 spiro atoms. The van der Waals surface area contributed by atoms with Crippen LogP contribution in [0.2, 0.25) is 5.15 Å². The van der Waals surface area contributed by atoms with Crippen molar-refractivity contribution in [1.82, 2.24) is 19.7 Å². The van der Waals surface area contributed by atoms with Gasteiger partial charge in [0.25, 0.3) is 0 Å². The molecule has 0 aliphatic rings. The first-order valence-electron chi connectivity index (χ1n) is 5.11. The first-order chi connectivity index (χ1) is 7.27. The molecule has 2 aromatic heterocycles. The first-order valence-corrected chi connectivity index (χ1v) is 5.49. The number of hydrogen-bond acceptors (Lipinski definition) is 3. The van der Waals surface area contributed by atoms with Gasteiger partial charge in [0.05, 0.1) is 17.6 Å². The summed E-state index contributed by atoms with van der Waals surface area (Å²) in [6, 6.07) is 0.383. The van der Waals surface area contributed by atoms with Crippen LogP contribution < -0.4 is 0 Å². The Labute approximate surface area is 93.3 Å². The fourth-order valence-electron chi connectivity index (χ4n) is 1.74. The molecule has 0 radical (unpaired) electrons. The van der Waals surface area contributed by atoms with Gasteiger partial charge in [0.2, 0.25) is 0 Å². The number of rotatable bonds is 3. The van der Waals surface area contributed by atoms with Crippen molar-refractivity contribution in [3.63, 3.8) is 0 Å². The van der Waals surface area contributed by atoms with E-state index < -0.39 is 0 Å². The zero-order valence-corrected chi connectivity index (χ0v) is 9.57. The second kappa shape index (κ2) is 4.14. The normalized spacial score (nSPS) is 11.5. The van der Waals surface area contributed by atoms with Gasteiger partial charge in [0.15, 0.2) is 5.65 Å². The van der Waals surface area contributed by atoms with E-state index in [0.717, 1.165) is 23.9 Å². The van der Waals surface area contributed by atoms with Crippen LogP contribution in [0.25, 0.3) is 11.0 Å². The molecule has 0 bridgehead atoms. The molecule has 0 aromatic carbocycles. The van der Waals surface area contributed by atoms with Crippen LogP contribution >= 0.6 is 11.6 Å². The van der Waals surface area contributed by atoms with Gasteiger partial charge >= 0.3 is 0 Å². The lowest BCUT2D eigenvalue weighted by Gasteiger charge is -2.13. The van der Waals surface area contributed by atoms with Gasteiger partial charge in [-0.25, -0.2) is 14.6 Å². The van der Waals surface area contributed by atoms with E-state index in [9.17, 15) is 0 Å². The minimum atomic E-state index is 0.383. The van der Waals surface area contributed by atoms with Crippen LogP contribution in [0.1, 0.15) is 32.7 Å². The third kappa shape index (κ3) is 1.69. The lowest BCUT2D eigenvalue weighted by molar-refractivity contribution is 0.438. The Morgan fingerprint density at radius 3 is 2.73 bits per heavy atom. The van der Waals surface area contributed by atoms with Crippen molar-refractivity contribution < 1.29 is 0 Å². The minimum Gasteiger partial charge on any atom is -0.244 e. The van der Waals surface area contributed by atoms with Crippen LogP contribution in [0.4, 0.5) is 0 Å². The molecule has 80 valence electrons. The lowest BCUT2D eigenvalue weighted by atomic mass is 10.2. The number of hydrogen-bond donors (Lipinski definition) is 0. The Bertz CT molecular complexity index is 461. The van der Waals surface area contributed by atoms with E-state index in [1.807, 2.05) is 4.68 Å². The van der Waals surface area contributed by atoms with E-state index in [2.05, 4.69) is 28.9 Å². The van der Waals surface area contributed by atoms with Crippen molar-refractivity contribution in [3.8, 4) is 0 Å². The monoisotopic (exact) mass is 224 g/mol. The minimum absolute atomic E-state index is 0.383. The van der Waals surface area contributed by atoms with E-state index in [0.29, 0.717) is 11.2 Å². The summed E-state index contributed by atoms with van der Waals surface area (Å²) < 4.78 is 1.93. The Balaban J connectivity index is 2.58. The molecule has 2 rings (SSSR count). The highest BCUT2D eigenvalue weighted by molar-refractivity contribution is 6.33. The van der Waals surface area contributed by atoms with E-state index >= 15 is 0 Å². The molecule has 0 unspecified atom stereocenters. The van der Waals surface area contributed by atoms with Crippen LogP contribution in [0.3, 0.4) is 0 Å². The SMILES string of the molecule is CCC(CC)n1ncc2c(Cl)ncnc21. The molecule has 0 aliphatic carbocycles. The number of fused-ring (bicyclic) bond motifs is 1. The first kappa shape index (κ1) is 10.4. The van der Waals surface area contributed by atoms with Gasteiger partial charge in [-0.05, 0) is 12.8 Å². The third-order valence-electron chi connectivity index (χ3n) is 2.63. The highest BCUT2D eigenvalue weighted by Crippen LogP contribution is 2.23. The number of halogens is 1. The molecule has 0 saturated carbocycles. The molecule has 15 heavy (non-hydrogen) atoms. The van der Waals surface area contributed by atoms with E-state index in [4.69, 9.17) is 11.6 Å². The number of nitrogens with zero attached hydrogens (tertiary/aromatic N) is 4. The molecule has 0 saturated heterocycles. The van der Waals surface area contributed by atoms with Gasteiger partial charge in [-0.3, -0.25) is 0 Å². The summed E-state index contributed by atoms with van der Waals surface area (Å²) in [5.74, 6) is 0. The summed E-state index contributed by atoms with van der Waals surface area (Å²) in [5.41, 5.74) is 0.823. The summed E-state index contributed by atoms with van der Waals surface area (Å²) in [6.45, 7) is 4.29. The maximum absolute atomic E-state index is 5.96. The predicted molar refractivity (Wildman–Crippen MR) is 60.0 cm³/mol. The molecule has 5 heteroatoms. The van der Waals surface area contributed by atoms with Gasteiger partial charge in [-0.15, -0.1) is 0 Å². The van der Waals surface area contributed by atoms with Crippen molar-refractivity contribution >= 4 is 22.6 Å². The highest BCUT2D eigenvalue weighted by atomic mass is 35.5. The quantitative estimate of drug-likeness (QED) is 0.753. The van der Waals surface area contributed by atoms with Crippen molar-refractivity contribution in [1.29, 1.82) is 0 Å². The van der Waals surface area contributed by atoms with Gasteiger partial charge in [0, 0.05) is 0 Å². The van der Waals surface area contributed by atoms with Crippen LogP contribution in [0, 0.1) is 0 Å². The van der Waals surface area contributed by atoms with Crippen LogP contribution in [-0.2, 0) is 0 Å². The van der Waals surface area contributed by atoms with E-state index in [-0.39, 0.29) is 0 Å². The Morgan fingerprint density at radius 2 is 2.07 bits per heavy atom. The Morgan fingerprint density at radius 1 is 1.33 bits per heavy atom. The predicted octanol–water partition coefficient (Wildman–Crippen LogP) is 2.84. The molecule has 0 amide bonds. The van der Waals surface area contributed by atoms with Crippen molar-refractivity contribution in [2.24, 2.45) is 0 Å². The molecule has 2 aromatic rings. The summed E-state index contributed by atoms with van der Waals surface area (Å²) >= 11 is 5.96. The van der Waals surface area contributed by atoms with Crippen molar-refractivity contribution in [2.45, 2.75) is 32.7 Å². The van der Waals surface area contributed by atoms with Crippen molar-refractivity contribution in [2.75, 3.05) is 0 Å². The summed E-state index contributed by atoms with van der Waals surface area (Å²) in [6.07, 6.45) is 5.28. The van der Waals surface area contributed by atoms with Crippen LogP contribution in [-0.4, -0.2) is 19.7 Å². The summed E-state index contributed by atoms with van der Waals surface area (Å²) in [5, 5.41) is 5.62. The Kier molecular flexibility index (Phi) is 2.86. The van der Waals surface area contributed by atoms with Gasteiger partial charge in [-0.1, -0.05) is 25.4 Å². The second-order valence-corrected chi connectivity index (χ2v) is 3.82. The average molecular weight is 225 g/mol. The fraction of sp³-hybridized carbons (Fsp3) is 0.500. The van der Waals surface area contributed by atoms with E-state index in [1.54, 1.807) is 6.20 Å². The molecule has 0 fully saturated rings. The molecule has 0 N–H and O–H groups in total.